The molecule has 134 valence electrons. The van der Waals surface area contributed by atoms with Gasteiger partial charge in [-0.3, -0.25) is 20.4 Å². The quantitative estimate of drug-likeness (QED) is 0.613. The topological polar surface area (TPSA) is 108 Å². The highest BCUT2D eigenvalue weighted by atomic mass is 16.5. The van der Waals surface area contributed by atoms with Gasteiger partial charge in [0.25, 0.3) is 5.91 Å². The summed E-state index contributed by atoms with van der Waals surface area (Å²) in [7, 11) is 1.49. The van der Waals surface area contributed by atoms with E-state index in [4.69, 9.17) is 4.74 Å². The van der Waals surface area contributed by atoms with E-state index in [1.54, 1.807) is 18.2 Å². The molecule has 1 aromatic rings. The Bertz CT molecular complexity index is 726. The fourth-order valence-electron chi connectivity index (χ4n) is 2.86. The first kappa shape index (κ1) is 18.5. The zero-order valence-corrected chi connectivity index (χ0v) is 14.4. The summed E-state index contributed by atoms with van der Waals surface area (Å²) in [5.41, 5.74) is 6.88. The summed E-state index contributed by atoms with van der Waals surface area (Å²) in [6, 6.07) is 6.45. The Morgan fingerprint density at radius 3 is 2.32 bits per heavy atom. The van der Waals surface area contributed by atoms with Crippen molar-refractivity contribution < 1.29 is 24.2 Å². The van der Waals surface area contributed by atoms with Gasteiger partial charge in [0.15, 0.2) is 0 Å². The number of hydrazine groups is 1. The van der Waals surface area contributed by atoms with Crippen LogP contribution >= 0.6 is 0 Å². The maximum absolute atomic E-state index is 12.4. The molecule has 0 saturated carbocycles. The monoisotopic (exact) mass is 345 g/mol. The van der Waals surface area contributed by atoms with E-state index >= 15 is 0 Å². The molecule has 0 bridgehead atoms. The molecular weight excluding hydrogens is 324 g/mol. The summed E-state index contributed by atoms with van der Waals surface area (Å²) in [6.07, 6.45) is 0.599. The third kappa shape index (κ3) is 4.37. The molecule has 2 atom stereocenters. The van der Waals surface area contributed by atoms with Crippen molar-refractivity contribution >= 4 is 17.8 Å². The van der Waals surface area contributed by atoms with E-state index in [2.05, 4.69) is 10.9 Å². The summed E-state index contributed by atoms with van der Waals surface area (Å²) >= 11 is 0. The number of amides is 2. The number of carbonyl (C=O) groups excluding carboxylic acids is 3. The fourth-order valence-corrected chi connectivity index (χ4v) is 2.86. The Labute approximate surface area is 146 Å². The molecule has 7 nitrogen and oxygen atoms in total. The molecule has 0 radical (unpaired) electrons. The molecule has 0 heterocycles. The van der Waals surface area contributed by atoms with Crippen molar-refractivity contribution in [2.75, 3.05) is 7.11 Å². The lowest BCUT2D eigenvalue weighted by Gasteiger charge is -2.32. The van der Waals surface area contributed by atoms with E-state index in [1.807, 2.05) is 13.8 Å². The highest BCUT2D eigenvalue weighted by molar-refractivity contribution is 5.96. The van der Waals surface area contributed by atoms with Gasteiger partial charge in [-0.25, -0.2) is 0 Å². The van der Waals surface area contributed by atoms with E-state index in [1.165, 1.54) is 13.2 Å². The number of aliphatic carboxylic acids is 1. The summed E-state index contributed by atoms with van der Waals surface area (Å²) in [4.78, 5) is 35.8. The molecule has 0 aromatic heterocycles. The Balaban J connectivity index is 2.03. The zero-order chi connectivity index (χ0) is 18.6. The molecule has 0 saturated heterocycles. The minimum atomic E-state index is -1.26. The molecule has 0 spiro atoms. The van der Waals surface area contributed by atoms with Crippen molar-refractivity contribution in [2.24, 2.45) is 11.8 Å². The van der Waals surface area contributed by atoms with Gasteiger partial charge in [0, 0.05) is 17.5 Å². The Hall–Kier alpha value is -2.83. The summed E-state index contributed by atoms with van der Waals surface area (Å²) in [5, 5.41) is 11.3. The van der Waals surface area contributed by atoms with Crippen LogP contribution in [0.25, 0.3) is 0 Å². The minimum absolute atomic E-state index is 0.274. The first-order valence-corrected chi connectivity index (χ1v) is 7.93. The van der Waals surface area contributed by atoms with Gasteiger partial charge in [-0.05, 0) is 44.9 Å². The van der Waals surface area contributed by atoms with Crippen LogP contribution in [0, 0.1) is 11.8 Å². The lowest BCUT2D eigenvalue weighted by molar-refractivity contribution is -0.313. The molecule has 0 unspecified atom stereocenters. The van der Waals surface area contributed by atoms with Crippen molar-refractivity contribution in [3.8, 4) is 5.75 Å². The van der Waals surface area contributed by atoms with Crippen LogP contribution in [-0.2, 0) is 9.59 Å². The number of hydrogen-bond acceptors (Lipinski definition) is 5. The number of benzene rings is 1. The number of allylic oxidation sites excluding steroid dienone is 2. The van der Waals surface area contributed by atoms with E-state index in [0.29, 0.717) is 17.7 Å². The number of methoxy groups -OCH3 is 1. The molecule has 25 heavy (non-hydrogen) atoms. The van der Waals surface area contributed by atoms with Crippen LogP contribution in [0.5, 0.6) is 5.75 Å². The van der Waals surface area contributed by atoms with Crippen LogP contribution < -0.4 is 20.7 Å². The fraction of sp³-hybridized carbons (Fsp3) is 0.389. The van der Waals surface area contributed by atoms with Crippen LogP contribution in [0.15, 0.2) is 35.4 Å². The van der Waals surface area contributed by atoms with Gasteiger partial charge in [-0.1, -0.05) is 17.2 Å². The second-order valence-electron chi connectivity index (χ2n) is 6.18. The Kier molecular flexibility index (Phi) is 5.80. The van der Waals surface area contributed by atoms with Crippen molar-refractivity contribution in [3.05, 3.63) is 41.0 Å². The number of carbonyl (C=O) groups is 3. The standard InChI is InChI=1S/C18H22N2O5/c1-10-7-14(15(18(23)24)8-11(10)2)17(22)20-19-16(21)12-5-4-6-13(9-12)25-3/h4-6,9,14-15H,7-8H2,1-3H3,(H,19,21)(H,20,22)(H,23,24)/p-1/t14-,15-/m0/s1. The van der Waals surface area contributed by atoms with Crippen LogP contribution in [0.3, 0.4) is 0 Å². The second kappa shape index (κ2) is 7.83. The Morgan fingerprint density at radius 1 is 1.08 bits per heavy atom. The van der Waals surface area contributed by atoms with Gasteiger partial charge >= 0.3 is 0 Å². The molecule has 2 rings (SSSR count). The van der Waals surface area contributed by atoms with E-state index < -0.39 is 29.6 Å². The van der Waals surface area contributed by atoms with Crippen LogP contribution in [-0.4, -0.2) is 24.9 Å². The SMILES string of the molecule is COc1cccc(C(=O)NNC(=O)[C@H]2CC(C)=C(C)C[C@@H]2C(=O)[O-])c1. The van der Waals surface area contributed by atoms with Crippen molar-refractivity contribution in [1.29, 1.82) is 0 Å². The van der Waals surface area contributed by atoms with Gasteiger partial charge < -0.3 is 14.6 Å². The average Bonchev–Trinajstić information content (AvgIpc) is 2.61. The highest BCUT2D eigenvalue weighted by Gasteiger charge is 2.33. The molecule has 7 heteroatoms. The number of rotatable bonds is 4. The molecule has 1 aliphatic rings. The van der Waals surface area contributed by atoms with Crippen molar-refractivity contribution in [3.63, 3.8) is 0 Å². The third-order valence-corrected chi connectivity index (χ3v) is 4.54. The Morgan fingerprint density at radius 2 is 1.72 bits per heavy atom. The molecule has 1 aromatic carbocycles. The van der Waals surface area contributed by atoms with Crippen LogP contribution in [0.2, 0.25) is 0 Å². The number of nitrogens with one attached hydrogen (secondary N) is 2. The molecule has 0 fully saturated rings. The maximum atomic E-state index is 12.4. The third-order valence-electron chi connectivity index (χ3n) is 4.54. The normalized spacial score (nSPS) is 20.0. The second-order valence-corrected chi connectivity index (χ2v) is 6.18. The predicted molar refractivity (Wildman–Crippen MR) is 88.2 cm³/mol. The van der Waals surface area contributed by atoms with E-state index in [-0.39, 0.29) is 6.42 Å². The average molecular weight is 345 g/mol. The first-order valence-electron chi connectivity index (χ1n) is 7.93. The number of carboxylic acid groups (broad SMARTS) is 1. The molecule has 2 N–H and O–H groups in total. The van der Waals surface area contributed by atoms with Gasteiger partial charge in [-0.15, -0.1) is 0 Å². The molecule has 0 aliphatic heterocycles. The largest absolute Gasteiger partial charge is 0.550 e. The van der Waals surface area contributed by atoms with Crippen molar-refractivity contribution in [2.45, 2.75) is 26.7 Å². The molecule has 1 aliphatic carbocycles. The smallest absolute Gasteiger partial charge is 0.269 e. The highest BCUT2D eigenvalue weighted by Crippen LogP contribution is 2.33. The van der Waals surface area contributed by atoms with Gasteiger partial charge in [0.1, 0.15) is 5.75 Å². The summed E-state index contributed by atoms with van der Waals surface area (Å²) < 4.78 is 5.04. The molecular formula is C18H21N2O5-. The van der Waals surface area contributed by atoms with Gasteiger partial charge in [-0.2, -0.15) is 0 Å². The van der Waals surface area contributed by atoms with Crippen LogP contribution in [0.4, 0.5) is 0 Å². The van der Waals surface area contributed by atoms with Gasteiger partial charge in [0.05, 0.1) is 13.0 Å². The maximum Gasteiger partial charge on any atom is 0.269 e. The number of carboxylic acids is 1. The minimum Gasteiger partial charge on any atom is -0.550 e. The summed E-state index contributed by atoms with van der Waals surface area (Å²) in [5.74, 6) is -3.49. The van der Waals surface area contributed by atoms with Gasteiger partial charge in [0.2, 0.25) is 5.91 Å². The number of hydrogen-bond donors (Lipinski definition) is 2. The van der Waals surface area contributed by atoms with Crippen LogP contribution in [0.1, 0.15) is 37.0 Å². The molecule has 2 amide bonds. The predicted octanol–water partition coefficient (Wildman–Crippen LogP) is 0.569. The lowest BCUT2D eigenvalue weighted by Crippen LogP contribution is -2.49. The lowest BCUT2D eigenvalue weighted by atomic mass is 9.76. The van der Waals surface area contributed by atoms with E-state index in [9.17, 15) is 19.5 Å². The first-order chi connectivity index (χ1) is 11.8. The van der Waals surface area contributed by atoms with Crippen molar-refractivity contribution in [1.82, 2.24) is 10.9 Å². The van der Waals surface area contributed by atoms with E-state index in [0.717, 1.165) is 11.1 Å². The zero-order valence-electron chi connectivity index (χ0n) is 14.4. The number of ether oxygens (including phenoxy) is 1. The summed E-state index contributed by atoms with van der Waals surface area (Å²) in [6.45, 7) is 3.72.